The van der Waals surface area contributed by atoms with Crippen LogP contribution in [0.5, 0.6) is 0 Å². The summed E-state index contributed by atoms with van der Waals surface area (Å²) in [6.45, 7) is 32.3. The maximum atomic E-state index is 7.25. The quantitative estimate of drug-likeness (QED) is 0.164. The molecule has 0 atom stereocenters. The first-order valence-electron chi connectivity index (χ1n) is 26.6. The maximum Gasteiger partial charge on any atom is 0.252 e. The second kappa shape index (κ2) is 15.8. The van der Waals surface area contributed by atoms with Gasteiger partial charge in [-0.15, -0.1) is 11.3 Å². The molecule has 0 unspecified atom stereocenters. The molecule has 0 aliphatic carbocycles. The van der Waals surface area contributed by atoms with Gasteiger partial charge in [-0.1, -0.05) is 174 Å². The first-order chi connectivity index (χ1) is 35.1. The number of rotatable bonds is 4. The van der Waals surface area contributed by atoms with Gasteiger partial charge in [0.2, 0.25) is 0 Å². The molecule has 368 valence electrons. The SMILES string of the molecule is Cc1cc(C(C)(C)C)ccc1N(c1ccc2c(c1)N(c1cccc3c1oc1cc(C(C)(C)C)ccc13)c1cc(C(C)(C)C)cc3c1B2c1cccc2c4sc5ccccc5c4n-3c12)c1ccc(C(C)(C)C)cc1C. The molecular formula is C68H66BN3OS. The van der Waals surface area contributed by atoms with Gasteiger partial charge < -0.3 is 18.8 Å². The van der Waals surface area contributed by atoms with E-state index < -0.39 is 0 Å². The lowest BCUT2D eigenvalue weighted by Gasteiger charge is -2.42. The minimum atomic E-state index is -0.160. The summed E-state index contributed by atoms with van der Waals surface area (Å²) in [5.41, 5.74) is 24.0. The highest BCUT2D eigenvalue weighted by Gasteiger charge is 2.44. The number of anilines is 6. The largest absolute Gasteiger partial charge is 0.454 e. The monoisotopic (exact) mass is 984 g/mol. The van der Waals surface area contributed by atoms with Gasteiger partial charge in [-0.3, -0.25) is 0 Å². The average molecular weight is 984 g/mol. The molecule has 0 saturated heterocycles. The fourth-order valence-corrected chi connectivity index (χ4v) is 13.5. The number of benzene rings is 8. The van der Waals surface area contributed by atoms with Crippen LogP contribution in [0.25, 0.3) is 58.8 Å². The Labute approximate surface area is 441 Å². The molecule has 0 saturated carbocycles. The standard InChI is InChI=1S/C68H66BN3OS/c1-39-33-41(65(3,4)5)26-31-52(39)70(53-32-27-42(34-40(53)2)66(6,7)8)45-28-30-50-55(38-45)71(54-23-18-20-47-46-29-25-43(67(9,10)11)37-58(46)73-63(47)54)56-35-44(68(12,13)14)36-57-60(56)69(50)51-22-17-21-49-61(51)72(57)62-48-19-15-16-24-59(48)74-64(49)62/h15-38H,1-14H3. The van der Waals surface area contributed by atoms with Crippen molar-refractivity contribution in [2.75, 3.05) is 9.80 Å². The molecule has 0 spiro atoms. The summed E-state index contributed by atoms with van der Waals surface area (Å²) in [5.74, 6) is 0. The highest BCUT2D eigenvalue weighted by atomic mass is 32.1. The number of furan rings is 1. The van der Waals surface area contributed by atoms with Crippen LogP contribution in [0, 0.1) is 13.8 Å². The maximum absolute atomic E-state index is 7.25. The Balaban J connectivity index is 1.15. The first-order valence-corrected chi connectivity index (χ1v) is 27.4. The summed E-state index contributed by atoms with van der Waals surface area (Å²) >= 11 is 1.92. The van der Waals surface area contributed by atoms with Crippen LogP contribution < -0.4 is 26.2 Å². The molecule has 74 heavy (non-hydrogen) atoms. The lowest BCUT2D eigenvalue weighted by molar-refractivity contribution is 0.587. The number of aromatic nitrogens is 1. The van der Waals surface area contributed by atoms with Crippen LogP contribution in [0.4, 0.5) is 34.1 Å². The first kappa shape index (κ1) is 46.7. The molecule has 0 bridgehead atoms. The number of hydrogen-bond acceptors (Lipinski definition) is 4. The number of nitrogens with zero attached hydrogens (tertiary/aromatic N) is 3. The second-order valence-corrected chi connectivity index (χ2v) is 26.7. The van der Waals surface area contributed by atoms with Crippen LogP contribution in [0.1, 0.15) is 116 Å². The summed E-state index contributed by atoms with van der Waals surface area (Å²) < 4.78 is 12.6. The van der Waals surface area contributed by atoms with E-state index in [1.54, 1.807) is 0 Å². The highest BCUT2D eigenvalue weighted by molar-refractivity contribution is 7.26. The van der Waals surface area contributed by atoms with Gasteiger partial charge in [0, 0.05) is 60.4 Å². The number of fused-ring (bicyclic) bond motifs is 12. The van der Waals surface area contributed by atoms with Crippen molar-refractivity contribution in [2.24, 2.45) is 0 Å². The number of hydrogen-bond donors (Lipinski definition) is 0. The van der Waals surface area contributed by atoms with E-state index in [0.717, 1.165) is 39.0 Å². The molecule has 4 nitrogen and oxygen atoms in total. The van der Waals surface area contributed by atoms with E-state index in [2.05, 4.69) is 257 Å². The van der Waals surface area contributed by atoms with Crippen molar-refractivity contribution in [1.29, 1.82) is 0 Å². The molecule has 6 heteroatoms. The van der Waals surface area contributed by atoms with E-state index in [-0.39, 0.29) is 28.4 Å². The van der Waals surface area contributed by atoms with Gasteiger partial charge in [0.25, 0.3) is 6.71 Å². The Hall–Kier alpha value is -7.02. The average Bonchev–Trinajstić information content (AvgIpc) is 4.07. The topological polar surface area (TPSA) is 24.6 Å². The molecule has 0 fully saturated rings. The highest BCUT2D eigenvalue weighted by Crippen LogP contribution is 2.51. The van der Waals surface area contributed by atoms with Crippen molar-refractivity contribution in [1.82, 2.24) is 4.57 Å². The van der Waals surface area contributed by atoms with Crippen molar-refractivity contribution in [3.8, 4) is 5.69 Å². The van der Waals surface area contributed by atoms with Gasteiger partial charge in [0.15, 0.2) is 5.58 Å². The van der Waals surface area contributed by atoms with Crippen LogP contribution in [-0.2, 0) is 21.7 Å². The molecule has 2 aliphatic heterocycles. The smallest absolute Gasteiger partial charge is 0.252 e. The Kier molecular flexibility index (Phi) is 9.95. The third kappa shape index (κ3) is 6.93. The van der Waals surface area contributed by atoms with Crippen LogP contribution in [0.2, 0.25) is 0 Å². The van der Waals surface area contributed by atoms with E-state index in [4.69, 9.17) is 4.42 Å². The van der Waals surface area contributed by atoms with Gasteiger partial charge in [-0.05, 0) is 140 Å². The molecule has 11 aromatic rings. The molecule has 3 aromatic heterocycles. The molecule has 2 aliphatic rings. The lowest BCUT2D eigenvalue weighted by Crippen LogP contribution is -2.60. The third-order valence-electron chi connectivity index (χ3n) is 16.4. The zero-order valence-corrected chi connectivity index (χ0v) is 46.4. The Morgan fingerprint density at radius 3 is 1.72 bits per heavy atom. The number of thiophene rings is 1. The second-order valence-electron chi connectivity index (χ2n) is 25.6. The van der Waals surface area contributed by atoms with Crippen LogP contribution in [0.3, 0.4) is 0 Å². The molecule has 8 aromatic carbocycles. The molecule has 0 N–H and O–H groups in total. The molecule has 5 heterocycles. The Morgan fingerprint density at radius 1 is 0.459 bits per heavy atom. The van der Waals surface area contributed by atoms with Crippen molar-refractivity contribution < 1.29 is 4.42 Å². The van der Waals surface area contributed by atoms with Gasteiger partial charge in [0.05, 0.1) is 21.4 Å². The zero-order valence-electron chi connectivity index (χ0n) is 45.6. The van der Waals surface area contributed by atoms with Crippen molar-refractivity contribution in [3.63, 3.8) is 0 Å². The fraction of sp³-hybridized carbons (Fsp3) is 0.265. The van der Waals surface area contributed by atoms with Gasteiger partial charge in [-0.2, -0.15) is 0 Å². The number of aryl methyl sites for hydroxylation is 2. The van der Waals surface area contributed by atoms with Gasteiger partial charge >= 0.3 is 0 Å². The van der Waals surface area contributed by atoms with Crippen molar-refractivity contribution >= 4 is 122 Å². The van der Waals surface area contributed by atoms with Gasteiger partial charge in [0.1, 0.15) is 5.58 Å². The molecular weight excluding hydrogens is 918 g/mol. The molecule has 0 amide bonds. The lowest BCUT2D eigenvalue weighted by atomic mass is 9.33. The summed E-state index contributed by atoms with van der Waals surface area (Å²) in [6.07, 6.45) is 0. The van der Waals surface area contributed by atoms with Gasteiger partial charge in [-0.25, -0.2) is 0 Å². The minimum Gasteiger partial charge on any atom is -0.454 e. The van der Waals surface area contributed by atoms with Crippen molar-refractivity contribution in [3.05, 3.63) is 179 Å². The van der Waals surface area contributed by atoms with E-state index >= 15 is 0 Å². The zero-order chi connectivity index (χ0) is 51.7. The Morgan fingerprint density at radius 2 is 1.05 bits per heavy atom. The number of para-hydroxylation sites is 2. The van der Waals surface area contributed by atoms with E-state index in [1.165, 1.54) is 104 Å². The Bertz CT molecular complexity index is 4110. The summed E-state index contributed by atoms with van der Waals surface area (Å²) in [4.78, 5) is 5.11. The van der Waals surface area contributed by atoms with E-state index in [0.29, 0.717) is 0 Å². The normalized spacial score (nSPS) is 13.8. The molecule has 13 rings (SSSR count). The van der Waals surface area contributed by atoms with E-state index in [9.17, 15) is 0 Å². The van der Waals surface area contributed by atoms with E-state index in [1.807, 2.05) is 11.3 Å². The van der Waals surface area contributed by atoms with Crippen LogP contribution >= 0.6 is 11.3 Å². The minimum absolute atomic E-state index is 0.0137. The fourth-order valence-electron chi connectivity index (χ4n) is 12.3. The summed E-state index contributed by atoms with van der Waals surface area (Å²) in [5, 5.41) is 4.88. The van der Waals surface area contributed by atoms with Crippen LogP contribution in [-0.4, -0.2) is 11.3 Å². The molecule has 0 radical (unpaired) electrons. The predicted octanol–water partition coefficient (Wildman–Crippen LogP) is 17.8. The van der Waals surface area contributed by atoms with Crippen LogP contribution in [0.15, 0.2) is 150 Å². The summed E-state index contributed by atoms with van der Waals surface area (Å²) in [7, 11) is 0. The summed E-state index contributed by atoms with van der Waals surface area (Å²) in [6, 6.07) is 56.2. The third-order valence-corrected chi connectivity index (χ3v) is 17.6. The van der Waals surface area contributed by atoms with Crippen molar-refractivity contribution in [2.45, 2.75) is 119 Å². The predicted molar refractivity (Wildman–Crippen MR) is 322 cm³/mol.